The van der Waals surface area contributed by atoms with Crippen molar-refractivity contribution in [3.05, 3.63) is 47.2 Å². The average Bonchev–Trinajstić information content (AvgIpc) is 2.90. The molecule has 1 heterocycles. The van der Waals surface area contributed by atoms with Gasteiger partial charge in [0.25, 0.3) is 0 Å². The van der Waals surface area contributed by atoms with Crippen molar-refractivity contribution < 1.29 is 18.0 Å². The first-order chi connectivity index (χ1) is 12.2. The highest BCUT2D eigenvalue weighted by Crippen LogP contribution is 2.30. The van der Waals surface area contributed by atoms with Crippen molar-refractivity contribution in [2.75, 3.05) is 5.32 Å². The van der Waals surface area contributed by atoms with Gasteiger partial charge in [-0.3, -0.25) is 4.79 Å². The minimum Gasteiger partial charge on any atom is -0.311 e. The molecule has 1 N–H and O–H groups in total. The van der Waals surface area contributed by atoms with Crippen molar-refractivity contribution >= 4 is 11.7 Å². The number of carbonyl (C=O) groups is 1. The van der Waals surface area contributed by atoms with Gasteiger partial charge in [0.05, 0.1) is 23.2 Å². The van der Waals surface area contributed by atoms with E-state index in [2.05, 4.69) is 10.4 Å². The van der Waals surface area contributed by atoms with E-state index in [-0.39, 0.29) is 23.3 Å². The summed E-state index contributed by atoms with van der Waals surface area (Å²) in [6, 6.07) is 6.63. The molecule has 0 fully saturated rings. The van der Waals surface area contributed by atoms with Crippen molar-refractivity contribution in [3.8, 4) is 0 Å². The van der Waals surface area contributed by atoms with Crippen LogP contribution in [0.15, 0.2) is 30.3 Å². The van der Waals surface area contributed by atoms with Crippen LogP contribution < -0.4 is 5.32 Å². The average molecular weight is 381 g/mol. The highest BCUT2D eigenvalue weighted by atomic mass is 19.4. The number of aromatic nitrogens is 2. The van der Waals surface area contributed by atoms with Crippen LogP contribution in [0.2, 0.25) is 0 Å². The molecule has 148 valence electrons. The summed E-state index contributed by atoms with van der Waals surface area (Å²) in [7, 11) is 0. The maximum Gasteiger partial charge on any atom is 0.416 e. The van der Waals surface area contributed by atoms with E-state index in [0.717, 1.165) is 17.8 Å². The summed E-state index contributed by atoms with van der Waals surface area (Å²) in [5, 5.41) is 7.41. The molecule has 0 radical (unpaired) electrons. The number of hydrogen-bond donors (Lipinski definition) is 1. The number of benzene rings is 1. The van der Waals surface area contributed by atoms with E-state index in [1.165, 1.54) is 12.1 Å². The number of rotatable bonds is 3. The molecule has 7 heteroatoms. The fourth-order valence-corrected chi connectivity index (χ4v) is 2.58. The first kappa shape index (κ1) is 21.0. The fraction of sp³-hybridized carbons (Fsp3) is 0.500. The van der Waals surface area contributed by atoms with Crippen LogP contribution in [0.25, 0.3) is 0 Å². The van der Waals surface area contributed by atoms with Crippen LogP contribution in [0.1, 0.15) is 58.4 Å². The number of anilines is 1. The molecule has 0 spiro atoms. The van der Waals surface area contributed by atoms with Crippen molar-refractivity contribution in [3.63, 3.8) is 0 Å². The molecule has 4 nitrogen and oxygen atoms in total. The molecule has 27 heavy (non-hydrogen) atoms. The number of nitrogens with one attached hydrogen (secondary N) is 1. The lowest BCUT2D eigenvalue weighted by atomic mass is 9.92. The zero-order valence-corrected chi connectivity index (χ0v) is 16.5. The number of nitrogens with zero attached hydrogens (tertiary/aromatic N) is 2. The Morgan fingerprint density at radius 3 is 2.22 bits per heavy atom. The van der Waals surface area contributed by atoms with Crippen LogP contribution in [-0.4, -0.2) is 15.7 Å². The lowest BCUT2D eigenvalue weighted by Crippen LogP contribution is -2.27. The topological polar surface area (TPSA) is 46.9 Å². The monoisotopic (exact) mass is 381 g/mol. The molecule has 0 unspecified atom stereocenters. The maximum absolute atomic E-state index is 12.8. The normalized spacial score (nSPS) is 12.9. The minimum atomic E-state index is -4.43. The molecule has 0 atom stereocenters. The van der Waals surface area contributed by atoms with Gasteiger partial charge in [-0.25, -0.2) is 4.68 Å². The van der Waals surface area contributed by atoms with Gasteiger partial charge in [0.2, 0.25) is 5.91 Å². The van der Waals surface area contributed by atoms with E-state index in [4.69, 9.17) is 0 Å². The first-order valence-electron chi connectivity index (χ1n) is 8.75. The van der Waals surface area contributed by atoms with E-state index >= 15 is 0 Å². The second kappa shape index (κ2) is 7.02. The van der Waals surface area contributed by atoms with Crippen molar-refractivity contribution in [2.45, 2.75) is 65.1 Å². The van der Waals surface area contributed by atoms with Gasteiger partial charge in [0.1, 0.15) is 5.82 Å². The van der Waals surface area contributed by atoms with E-state index < -0.39 is 11.7 Å². The van der Waals surface area contributed by atoms with Gasteiger partial charge in [-0.05, 0) is 32.4 Å². The number of amides is 1. The standard InChI is InChI=1S/C20H26F3N3O/c1-18(2,3)15-12-16(26(25-15)19(4,5)6)24-17(27)11-13-8-7-9-14(10-13)20(21,22)23/h7-10,12H,11H2,1-6H3,(H,24,27). The van der Waals surface area contributed by atoms with E-state index in [9.17, 15) is 18.0 Å². The molecule has 2 aromatic rings. The highest BCUT2D eigenvalue weighted by molar-refractivity contribution is 5.91. The summed E-state index contributed by atoms with van der Waals surface area (Å²) in [5.74, 6) is 0.143. The summed E-state index contributed by atoms with van der Waals surface area (Å²) in [5.41, 5.74) is -0.186. The summed E-state index contributed by atoms with van der Waals surface area (Å²) in [4.78, 5) is 12.4. The van der Waals surface area contributed by atoms with E-state index in [0.29, 0.717) is 11.4 Å². The second-order valence-electron chi connectivity index (χ2n) is 8.67. The number of alkyl halides is 3. The third-order valence-corrected chi connectivity index (χ3v) is 4.00. The Bertz CT molecular complexity index is 824. The molecule has 0 aliphatic rings. The summed E-state index contributed by atoms with van der Waals surface area (Å²) in [6.07, 6.45) is -4.58. The number of halogens is 3. The van der Waals surface area contributed by atoms with Crippen molar-refractivity contribution in [1.82, 2.24) is 9.78 Å². The third-order valence-electron chi connectivity index (χ3n) is 4.00. The second-order valence-corrected chi connectivity index (χ2v) is 8.67. The van der Waals surface area contributed by atoms with Crippen molar-refractivity contribution in [1.29, 1.82) is 0 Å². The van der Waals surface area contributed by atoms with Gasteiger partial charge in [0.15, 0.2) is 0 Å². The minimum absolute atomic E-state index is 0.149. The van der Waals surface area contributed by atoms with Crippen LogP contribution in [0.5, 0.6) is 0 Å². The maximum atomic E-state index is 12.8. The zero-order valence-electron chi connectivity index (χ0n) is 16.5. The Morgan fingerprint density at radius 1 is 1.07 bits per heavy atom. The highest BCUT2D eigenvalue weighted by Gasteiger charge is 2.30. The number of hydrogen-bond acceptors (Lipinski definition) is 2. The molecule has 1 aromatic carbocycles. The molecule has 0 bridgehead atoms. The summed E-state index contributed by atoms with van der Waals surface area (Å²) in [6.45, 7) is 12.0. The zero-order chi connectivity index (χ0) is 20.6. The predicted octanol–water partition coefficient (Wildman–Crippen LogP) is 5.14. The lowest BCUT2D eigenvalue weighted by molar-refractivity contribution is -0.137. The fourth-order valence-electron chi connectivity index (χ4n) is 2.58. The quantitative estimate of drug-likeness (QED) is 0.801. The number of carbonyl (C=O) groups excluding carboxylic acids is 1. The lowest BCUT2D eigenvalue weighted by Gasteiger charge is -2.23. The van der Waals surface area contributed by atoms with Crippen LogP contribution in [0.3, 0.4) is 0 Å². The van der Waals surface area contributed by atoms with E-state index in [1.54, 1.807) is 4.68 Å². The summed E-state index contributed by atoms with van der Waals surface area (Å²) < 4.78 is 40.2. The third kappa shape index (κ3) is 5.34. The predicted molar refractivity (Wildman–Crippen MR) is 99.7 cm³/mol. The molecule has 1 amide bonds. The largest absolute Gasteiger partial charge is 0.416 e. The van der Waals surface area contributed by atoms with Crippen LogP contribution in [-0.2, 0) is 28.3 Å². The smallest absolute Gasteiger partial charge is 0.311 e. The molecule has 0 saturated heterocycles. The molecule has 2 rings (SSSR count). The molecule has 0 saturated carbocycles. The van der Waals surface area contributed by atoms with Gasteiger partial charge < -0.3 is 5.32 Å². The summed E-state index contributed by atoms with van der Waals surface area (Å²) >= 11 is 0. The van der Waals surface area contributed by atoms with E-state index in [1.807, 2.05) is 47.6 Å². The van der Waals surface area contributed by atoms with Crippen LogP contribution in [0.4, 0.5) is 19.0 Å². The molecule has 1 aromatic heterocycles. The van der Waals surface area contributed by atoms with Crippen LogP contribution >= 0.6 is 0 Å². The van der Waals surface area contributed by atoms with Gasteiger partial charge in [-0.1, -0.05) is 39.0 Å². The Morgan fingerprint density at radius 2 is 1.70 bits per heavy atom. The Kier molecular flexibility index (Phi) is 5.46. The Hall–Kier alpha value is -2.31. The molecule has 0 aliphatic heterocycles. The van der Waals surface area contributed by atoms with Crippen molar-refractivity contribution in [2.24, 2.45) is 0 Å². The van der Waals surface area contributed by atoms with Crippen LogP contribution in [0, 0.1) is 0 Å². The van der Waals surface area contributed by atoms with Gasteiger partial charge in [-0.15, -0.1) is 0 Å². The SMILES string of the molecule is CC(C)(C)c1cc(NC(=O)Cc2cccc(C(F)(F)F)c2)n(C(C)(C)C)n1. The van der Waals surface area contributed by atoms with Gasteiger partial charge in [0, 0.05) is 11.5 Å². The Labute approximate surface area is 157 Å². The molecular weight excluding hydrogens is 355 g/mol. The molecule has 0 aliphatic carbocycles. The Balaban J connectivity index is 2.25. The van der Waals surface area contributed by atoms with Gasteiger partial charge in [-0.2, -0.15) is 18.3 Å². The first-order valence-corrected chi connectivity index (χ1v) is 8.75. The molecular formula is C20H26F3N3O. The van der Waals surface area contributed by atoms with Gasteiger partial charge >= 0.3 is 6.18 Å².